The van der Waals surface area contributed by atoms with Gasteiger partial charge in [0, 0.05) is 12.7 Å². The van der Waals surface area contributed by atoms with Crippen molar-refractivity contribution in [2.75, 3.05) is 7.11 Å². The molecule has 0 saturated carbocycles. The number of hydrogen-bond donors (Lipinski definition) is 0. The summed E-state index contributed by atoms with van der Waals surface area (Å²) in [5, 5.41) is 17.3. The molecule has 0 aliphatic carbocycles. The van der Waals surface area contributed by atoms with Gasteiger partial charge in [-0.25, -0.2) is 0 Å². The van der Waals surface area contributed by atoms with Crippen LogP contribution in [0.5, 0.6) is 0 Å². The van der Waals surface area contributed by atoms with Gasteiger partial charge in [0.25, 0.3) is 0 Å². The third kappa shape index (κ3) is 2.58. The van der Waals surface area contributed by atoms with Crippen molar-refractivity contribution in [2.24, 2.45) is 0 Å². The molecule has 0 amide bonds. The molecule has 0 unspecified atom stereocenters. The Hall–Kier alpha value is -2.45. The fourth-order valence-electron chi connectivity index (χ4n) is 1.89. The monoisotopic (exact) mass is 301 g/mol. The van der Waals surface area contributed by atoms with Crippen molar-refractivity contribution >= 4 is 17.6 Å². The highest BCUT2D eigenvalue weighted by atomic mass is 32.1. The molecule has 0 aliphatic heterocycles. The smallest absolute Gasteiger partial charge is 0.234 e. The van der Waals surface area contributed by atoms with E-state index in [0.717, 1.165) is 10.6 Å². The minimum absolute atomic E-state index is 0.268. The van der Waals surface area contributed by atoms with Crippen LogP contribution in [0.4, 0.5) is 0 Å². The molecule has 0 aliphatic rings. The van der Waals surface area contributed by atoms with E-state index in [1.165, 1.54) is 16.0 Å². The minimum atomic E-state index is 0.268. The largest absolute Gasteiger partial charge is 0.377 e. The number of benzene rings is 1. The fraction of sp³-hybridized carbons (Fsp3) is 0.154. The maximum absolute atomic E-state index is 11.2. The van der Waals surface area contributed by atoms with Crippen LogP contribution in [0, 0.1) is 0 Å². The summed E-state index contributed by atoms with van der Waals surface area (Å²) in [4.78, 5) is 11.2. The molecule has 0 radical (unpaired) electrons. The van der Waals surface area contributed by atoms with E-state index in [1.54, 1.807) is 7.11 Å². The van der Waals surface area contributed by atoms with E-state index in [1.807, 2.05) is 30.3 Å². The van der Waals surface area contributed by atoms with Gasteiger partial charge in [-0.3, -0.25) is 4.79 Å². The number of aldehydes is 1. The molecule has 0 spiro atoms. The first-order valence-electron chi connectivity index (χ1n) is 6.11. The number of nitrogens with zero attached hydrogens (tertiary/aromatic N) is 5. The van der Waals surface area contributed by atoms with E-state index in [0.29, 0.717) is 23.7 Å². The first-order valence-corrected chi connectivity index (χ1v) is 6.93. The highest BCUT2D eigenvalue weighted by Gasteiger charge is 2.18. The Morgan fingerprint density at radius 2 is 2.05 bits per heavy atom. The molecule has 3 rings (SSSR count). The number of ether oxygens (including phenoxy) is 1. The van der Waals surface area contributed by atoms with Crippen LogP contribution in [0.1, 0.15) is 15.5 Å². The Kier molecular flexibility index (Phi) is 3.80. The van der Waals surface area contributed by atoms with E-state index >= 15 is 0 Å². The van der Waals surface area contributed by atoms with Gasteiger partial charge in [-0.2, -0.15) is 4.68 Å². The van der Waals surface area contributed by atoms with Gasteiger partial charge in [0.2, 0.25) is 5.13 Å². The molecule has 106 valence electrons. The second kappa shape index (κ2) is 5.90. The molecule has 0 N–H and O–H groups in total. The lowest BCUT2D eigenvalue weighted by molar-refractivity contribution is 0.111. The van der Waals surface area contributed by atoms with Gasteiger partial charge >= 0.3 is 0 Å². The van der Waals surface area contributed by atoms with E-state index < -0.39 is 0 Å². The second-order valence-electron chi connectivity index (χ2n) is 4.13. The zero-order chi connectivity index (χ0) is 14.7. The predicted molar refractivity (Wildman–Crippen MR) is 76.4 cm³/mol. The van der Waals surface area contributed by atoms with Crippen molar-refractivity contribution in [3.63, 3.8) is 0 Å². The fourth-order valence-corrected chi connectivity index (χ4v) is 2.65. The predicted octanol–water partition coefficient (Wildman–Crippen LogP) is 1.74. The lowest BCUT2D eigenvalue weighted by atomic mass is 10.1. The van der Waals surface area contributed by atoms with Gasteiger partial charge in [-0.15, -0.1) is 15.3 Å². The van der Waals surface area contributed by atoms with Gasteiger partial charge < -0.3 is 4.74 Å². The summed E-state index contributed by atoms with van der Waals surface area (Å²) >= 11 is 1.34. The topological polar surface area (TPSA) is 82.8 Å². The molecule has 8 heteroatoms. The third-order valence-corrected chi connectivity index (χ3v) is 3.63. The summed E-state index contributed by atoms with van der Waals surface area (Å²) in [6.07, 6.45) is 0.683. The molecule has 0 saturated heterocycles. The maximum Gasteiger partial charge on any atom is 0.234 e. The van der Waals surface area contributed by atoms with Crippen molar-refractivity contribution in [1.29, 1.82) is 0 Å². The Balaban J connectivity index is 2.10. The van der Waals surface area contributed by atoms with Crippen LogP contribution < -0.4 is 0 Å². The molecular weight excluding hydrogens is 290 g/mol. The third-order valence-electron chi connectivity index (χ3n) is 2.76. The Morgan fingerprint density at radius 3 is 2.76 bits per heavy atom. The summed E-state index contributed by atoms with van der Waals surface area (Å²) in [7, 11) is 1.59. The van der Waals surface area contributed by atoms with E-state index in [2.05, 4.69) is 20.5 Å². The Labute approximate surface area is 124 Å². The molecule has 21 heavy (non-hydrogen) atoms. The number of rotatable bonds is 5. The van der Waals surface area contributed by atoms with Crippen LogP contribution in [0.2, 0.25) is 0 Å². The average molecular weight is 301 g/mol. The number of aromatic nitrogens is 5. The molecule has 3 aromatic rings. The second-order valence-corrected chi connectivity index (χ2v) is 5.17. The van der Waals surface area contributed by atoms with Crippen molar-refractivity contribution in [2.45, 2.75) is 6.61 Å². The molecular formula is C13H11N5O2S. The molecule has 7 nitrogen and oxygen atoms in total. The summed E-state index contributed by atoms with van der Waals surface area (Å²) < 4.78 is 6.55. The Bertz CT molecular complexity index is 753. The zero-order valence-corrected chi connectivity index (χ0v) is 11.9. The highest BCUT2D eigenvalue weighted by molar-refractivity contribution is 7.13. The Morgan fingerprint density at radius 1 is 1.24 bits per heavy atom. The van der Waals surface area contributed by atoms with Crippen LogP contribution in [-0.2, 0) is 11.3 Å². The van der Waals surface area contributed by atoms with Crippen LogP contribution in [0.25, 0.3) is 16.4 Å². The summed E-state index contributed by atoms with van der Waals surface area (Å²) in [5.41, 5.74) is 1.71. The van der Waals surface area contributed by atoms with Crippen molar-refractivity contribution in [3.8, 4) is 16.4 Å². The van der Waals surface area contributed by atoms with Gasteiger partial charge in [0.05, 0.1) is 0 Å². The standard InChI is InChI=1S/C13H11N5O2S/c1-20-8-11-15-16-13(21-11)18-12(10(7-19)14-17-18)9-5-3-2-4-6-9/h2-7H,8H2,1H3. The number of carbonyl (C=O) groups is 1. The summed E-state index contributed by atoms with van der Waals surface area (Å²) in [5.74, 6) is 0. The van der Waals surface area contributed by atoms with Gasteiger partial charge in [0.15, 0.2) is 12.0 Å². The first kappa shape index (κ1) is 13.5. The van der Waals surface area contributed by atoms with Crippen LogP contribution in [0.3, 0.4) is 0 Å². The number of hydrogen-bond acceptors (Lipinski definition) is 7. The normalized spacial score (nSPS) is 10.7. The molecule has 0 atom stereocenters. The molecule has 2 heterocycles. The van der Waals surface area contributed by atoms with Gasteiger partial charge in [-0.05, 0) is 0 Å². The SMILES string of the molecule is COCc1nnc(-n2nnc(C=O)c2-c2ccccc2)s1. The van der Waals surface area contributed by atoms with Crippen LogP contribution >= 0.6 is 11.3 Å². The highest BCUT2D eigenvalue weighted by Crippen LogP contribution is 2.25. The molecule has 0 bridgehead atoms. The van der Waals surface area contributed by atoms with E-state index in [9.17, 15) is 4.79 Å². The maximum atomic E-state index is 11.2. The quantitative estimate of drug-likeness (QED) is 0.668. The van der Waals surface area contributed by atoms with Gasteiger partial charge in [0.1, 0.15) is 17.3 Å². The van der Waals surface area contributed by atoms with Crippen LogP contribution in [0.15, 0.2) is 30.3 Å². The van der Waals surface area contributed by atoms with Crippen LogP contribution in [-0.4, -0.2) is 38.6 Å². The minimum Gasteiger partial charge on any atom is -0.377 e. The summed E-state index contributed by atoms with van der Waals surface area (Å²) in [6.45, 7) is 0.383. The number of methoxy groups -OCH3 is 1. The molecule has 1 aromatic carbocycles. The van der Waals surface area contributed by atoms with Crippen molar-refractivity contribution in [1.82, 2.24) is 25.2 Å². The lowest BCUT2D eigenvalue weighted by Crippen LogP contribution is -1.99. The summed E-state index contributed by atoms with van der Waals surface area (Å²) in [6, 6.07) is 9.45. The van der Waals surface area contributed by atoms with Crippen molar-refractivity contribution < 1.29 is 9.53 Å². The number of carbonyl (C=O) groups excluding carboxylic acids is 1. The lowest BCUT2D eigenvalue weighted by Gasteiger charge is -2.02. The van der Waals surface area contributed by atoms with E-state index in [4.69, 9.17) is 4.74 Å². The molecule has 2 aromatic heterocycles. The first-order chi connectivity index (χ1) is 10.3. The molecule has 0 fully saturated rings. The van der Waals surface area contributed by atoms with E-state index in [-0.39, 0.29) is 5.69 Å². The van der Waals surface area contributed by atoms with Gasteiger partial charge in [-0.1, -0.05) is 46.9 Å². The van der Waals surface area contributed by atoms with Crippen molar-refractivity contribution in [3.05, 3.63) is 41.0 Å². The average Bonchev–Trinajstić information content (AvgIpc) is 3.14. The zero-order valence-electron chi connectivity index (χ0n) is 11.1.